The zero-order chi connectivity index (χ0) is 8.72. The van der Waals surface area contributed by atoms with Crippen LogP contribution in [0.4, 0.5) is 0 Å². The third-order valence-corrected chi connectivity index (χ3v) is 2.55. The van der Waals surface area contributed by atoms with Gasteiger partial charge in [0, 0.05) is 12.4 Å². The molecule has 0 aliphatic carbocycles. The van der Waals surface area contributed by atoms with Gasteiger partial charge in [0.05, 0.1) is 5.52 Å². The maximum atomic E-state index is 4.26. The van der Waals surface area contributed by atoms with E-state index in [1.54, 1.807) is 0 Å². The Morgan fingerprint density at radius 2 is 2.17 bits per heavy atom. The van der Waals surface area contributed by atoms with Crippen molar-refractivity contribution in [1.82, 2.24) is 9.78 Å². The standard InChI is InChI=1S/C9H9BrN2/c1-6-3-4-8-7(5-6)9(10)11-12(8)2/h3-5H,1-2H3. The number of nitrogens with zero attached hydrogens (tertiary/aromatic N) is 2. The summed E-state index contributed by atoms with van der Waals surface area (Å²) in [7, 11) is 1.95. The van der Waals surface area contributed by atoms with Crippen LogP contribution in [0.25, 0.3) is 10.9 Å². The van der Waals surface area contributed by atoms with Crippen molar-refractivity contribution in [1.29, 1.82) is 0 Å². The van der Waals surface area contributed by atoms with Gasteiger partial charge >= 0.3 is 0 Å². The number of hydrogen-bond acceptors (Lipinski definition) is 1. The molecule has 1 aromatic heterocycles. The largest absolute Gasteiger partial charge is 0.267 e. The first-order valence-electron chi connectivity index (χ1n) is 3.77. The van der Waals surface area contributed by atoms with E-state index in [4.69, 9.17) is 0 Å². The summed E-state index contributed by atoms with van der Waals surface area (Å²) in [5.41, 5.74) is 2.42. The summed E-state index contributed by atoms with van der Waals surface area (Å²) in [6, 6.07) is 6.31. The lowest BCUT2D eigenvalue weighted by Gasteiger charge is -1.94. The first-order valence-corrected chi connectivity index (χ1v) is 4.56. The van der Waals surface area contributed by atoms with Crippen molar-refractivity contribution in [3.05, 3.63) is 28.4 Å². The maximum Gasteiger partial charge on any atom is 0.135 e. The minimum Gasteiger partial charge on any atom is -0.267 e. The highest BCUT2D eigenvalue weighted by Gasteiger charge is 2.04. The van der Waals surface area contributed by atoms with Crippen LogP contribution in [-0.4, -0.2) is 9.78 Å². The van der Waals surface area contributed by atoms with E-state index in [-0.39, 0.29) is 0 Å². The number of fused-ring (bicyclic) bond motifs is 1. The van der Waals surface area contributed by atoms with Gasteiger partial charge in [0.2, 0.25) is 0 Å². The molecule has 0 saturated carbocycles. The second-order valence-electron chi connectivity index (χ2n) is 2.94. The lowest BCUT2D eigenvalue weighted by Crippen LogP contribution is -1.88. The summed E-state index contributed by atoms with van der Waals surface area (Å²) in [5.74, 6) is 0. The molecule has 0 N–H and O–H groups in total. The van der Waals surface area contributed by atoms with Crippen molar-refractivity contribution in [2.45, 2.75) is 6.92 Å². The third kappa shape index (κ3) is 1.05. The summed E-state index contributed by atoms with van der Waals surface area (Å²) >= 11 is 3.42. The van der Waals surface area contributed by atoms with E-state index in [9.17, 15) is 0 Å². The molecule has 2 aromatic rings. The molecule has 12 heavy (non-hydrogen) atoms. The highest BCUT2D eigenvalue weighted by atomic mass is 79.9. The molecule has 0 atom stereocenters. The van der Waals surface area contributed by atoms with Crippen LogP contribution >= 0.6 is 15.9 Å². The quantitative estimate of drug-likeness (QED) is 0.673. The van der Waals surface area contributed by atoms with Crippen LogP contribution < -0.4 is 0 Å². The first-order chi connectivity index (χ1) is 5.68. The van der Waals surface area contributed by atoms with E-state index in [0.29, 0.717) is 0 Å². The van der Waals surface area contributed by atoms with Gasteiger partial charge in [0.1, 0.15) is 4.60 Å². The van der Waals surface area contributed by atoms with E-state index >= 15 is 0 Å². The van der Waals surface area contributed by atoms with Crippen LogP contribution in [0, 0.1) is 6.92 Å². The minimum absolute atomic E-state index is 0.920. The van der Waals surface area contributed by atoms with E-state index < -0.39 is 0 Å². The Hall–Kier alpha value is -0.830. The SMILES string of the molecule is Cc1ccc2c(c1)c(Br)nn2C. The predicted molar refractivity (Wildman–Crippen MR) is 53.2 cm³/mol. The van der Waals surface area contributed by atoms with Gasteiger partial charge in [0.25, 0.3) is 0 Å². The fourth-order valence-corrected chi connectivity index (χ4v) is 1.89. The highest BCUT2D eigenvalue weighted by molar-refractivity contribution is 9.10. The van der Waals surface area contributed by atoms with Crippen molar-refractivity contribution >= 4 is 26.8 Å². The van der Waals surface area contributed by atoms with Crippen molar-refractivity contribution in [3.8, 4) is 0 Å². The Kier molecular flexibility index (Phi) is 1.68. The molecule has 0 aliphatic heterocycles. The maximum absolute atomic E-state index is 4.26. The molecular formula is C9H9BrN2. The van der Waals surface area contributed by atoms with Gasteiger partial charge in [-0.1, -0.05) is 11.6 Å². The Balaban J connectivity index is 2.90. The van der Waals surface area contributed by atoms with E-state index in [1.165, 1.54) is 10.9 Å². The molecule has 0 unspecified atom stereocenters. The number of hydrogen-bond donors (Lipinski definition) is 0. The number of aryl methyl sites for hydroxylation is 2. The van der Waals surface area contributed by atoms with Crippen molar-refractivity contribution in [2.24, 2.45) is 7.05 Å². The normalized spacial score (nSPS) is 10.9. The van der Waals surface area contributed by atoms with Crippen LogP contribution in [-0.2, 0) is 7.05 Å². The fourth-order valence-electron chi connectivity index (χ4n) is 1.34. The van der Waals surface area contributed by atoms with E-state index in [0.717, 1.165) is 10.1 Å². The number of halogens is 1. The average Bonchev–Trinajstić information content (AvgIpc) is 2.28. The summed E-state index contributed by atoms with van der Waals surface area (Å²) < 4.78 is 2.79. The topological polar surface area (TPSA) is 17.8 Å². The summed E-state index contributed by atoms with van der Waals surface area (Å²) in [4.78, 5) is 0. The molecule has 2 nitrogen and oxygen atoms in total. The van der Waals surface area contributed by atoms with Gasteiger partial charge in [-0.15, -0.1) is 0 Å². The molecule has 0 bridgehead atoms. The number of aromatic nitrogens is 2. The molecule has 0 aliphatic rings. The van der Waals surface area contributed by atoms with Crippen molar-refractivity contribution < 1.29 is 0 Å². The molecule has 1 aromatic carbocycles. The van der Waals surface area contributed by atoms with Gasteiger partial charge in [-0.3, -0.25) is 4.68 Å². The summed E-state index contributed by atoms with van der Waals surface area (Å²) in [6.07, 6.45) is 0. The van der Waals surface area contributed by atoms with Crippen LogP contribution in [0.2, 0.25) is 0 Å². The summed E-state index contributed by atoms with van der Waals surface area (Å²) in [5, 5.41) is 5.44. The third-order valence-electron chi connectivity index (χ3n) is 1.96. The molecule has 3 heteroatoms. The second kappa shape index (κ2) is 2.59. The zero-order valence-corrected chi connectivity index (χ0v) is 8.59. The van der Waals surface area contributed by atoms with Crippen LogP contribution in [0.1, 0.15) is 5.56 Å². The monoisotopic (exact) mass is 224 g/mol. The average molecular weight is 225 g/mol. The van der Waals surface area contributed by atoms with Gasteiger partial charge in [-0.05, 0) is 35.0 Å². The summed E-state index contributed by atoms with van der Waals surface area (Å²) in [6.45, 7) is 2.08. The van der Waals surface area contributed by atoms with Gasteiger partial charge < -0.3 is 0 Å². The van der Waals surface area contributed by atoms with Crippen LogP contribution in [0.15, 0.2) is 22.8 Å². The highest BCUT2D eigenvalue weighted by Crippen LogP contribution is 2.23. The molecule has 0 spiro atoms. The van der Waals surface area contributed by atoms with Crippen molar-refractivity contribution in [3.63, 3.8) is 0 Å². The molecule has 0 fully saturated rings. The van der Waals surface area contributed by atoms with Gasteiger partial charge in [-0.25, -0.2) is 0 Å². The van der Waals surface area contributed by atoms with Crippen LogP contribution in [0.5, 0.6) is 0 Å². The molecule has 1 heterocycles. The Bertz CT molecular complexity index is 431. The number of rotatable bonds is 0. The smallest absolute Gasteiger partial charge is 0.135 e. The molecule has 0 amide bonds. The fraction of sp³-hybridized carbons (Fsp3) is 0.222. The van der Waals surface area contributed by atoms with Crippen molar-refractivity contribution in [2.75, 3.05) is 0 Å². The predicted octanol–water partition coefficient (Wildman–Crippen LogP) is 2.64. The molecular weight excluding hydrogens is 216 g/mol. The number of benzene rings is 1. The van der Waals surface area contributed by atoms with E-state index in [1.807, 2.05) is 11.7 Å². The Labute approximate surface area is 79.3 Å². The molecule has 62 valence electrons. The second-order valence-corrected chi connectivity index (χ2v) is 3.69. The minimum atomic E-state index is 0.920. The molecule has 0 saturated heterocycles. The first kappa shape index (κ1) is 7.80. The molecule has 2 rings (SSSR count). The van der Waals surface area contributed by atoms with E-state index in [2.05, 4.69) is 46.2 Å². The zero-order valence-electron chi connectivity index (χ0n) is 7.00. The van der Waals surface area contributed by atoms with Gasteiger partial charge in [0.15, 0.2) is 0 Å². The van der Waals surface area contributed by atoms with Crippen LogP contribution in [0.3, 0.4) is 0 Å². The molecule has 0 radical (unpaired) electrons. The lowest BCUT2D eigenvalue weighted by molar-refractivity contribution is 0.788. The lowest BCUT2D eigenvalue weighted by atomic mass is 10.2. The Morgan fingerprint density at radius 3 is 2.92 bits per heavy atom. The Morgan fingerprint density at radius 1 is 1.42 bits per heavy atom. The van der Waals surface area contributed by atoms with Gasteiger partial charge in [-0.2, -0.15) is 5.10 Å².